The van der Waals surface area contributed by atoms with Crippen molar-refractivity contribution >= 4 is 44.6 Å². The average molecular weight is 382 g/mol. The Hall–Kier alpha value is -3.57. The Morgan fingerprint density at radius 3 is 2.39 bits per heavy atom. The average Bonchev–Trinajstić information content (AvgIpc) is 3.11. The number of thiophene rings is 1. The normalized spacial score (nSPS) is 13.9. The largest absolute Gasteiger partial charge is 0.269 e. The Morgan fingerprint density at radius 1 is 0.857 bits per heavy atom. The molecule has 1 aliphatic carbocycles. The van der Waals surface area contributed by atoms with Crippen LogP contribution in [0.2, 0.25) is 0 Å². The van der Waals surface area contributed by atoms with E-state index in [-0.39, 0.29) is 5.69 Å². The van der Waals surface area contributed by atoms with E-state index in [2.05, 4.69) is 48.5 Å². The van der Waals surface area contributed by atoms with Gasteiger partial charge in [-0.3, -0.25) is 10.1 Å². The number of nitro groups is 1. The molecule has 0 unspecified atom stereocenters. The lowest BCUT2D eigenvalue weighted by Gasteiger charge is -2.11. The van der Waals surface area contributed by atoms with Gasteiger partial charge in [0.2, 0.25) is 0 Å². The molecule has 0 aliphatic heterocycles. The van der Waals surface area contributed by atoms with Gasteiger partial charge in [0.1, 0.15) is 0 Å². The zero-order chi connectivity index (χ0) is 19.1. The molecule has 0 radical (unpaired) electrons. The molecule has 5 rings (SSSR count). The van der Waals surface area contributed by atoms with Crippen molar-refractivity contribution in [3.05, 3.63) is 100 Å². The highest BCUT2D eigenvalue weighted by atomic mass is 32.1. The first-order chi connectivity index (χ1) is 13.7. The van der Waals surface area contributed by atoms with Crippen LogP contribution in [0.25, 0.3) is 26.6 Å². The minimum absolute atomic E-state index is 0.0675. The van der Waals surface area contributed by atoms with Gasteiger partial charge in [-0.15, -0.1) is 11.3 Å². The minimum Gasteiger partial charge on any atom is -0.258 e. The zero-order valence-corrected chi connectivity index (χ0v) is 15.5. The molecular weight excluding hydrogens is 368 g/mol. The quantitative estimate of drug-likeness (QED) is 0.295. The predicted octanol–water partition coefficient (Wildman–Crippen LogP) is 6.62. The lowest BCUT2D eigenvalue weighted by atomic mass is 9.94. The van der Waals surface area contributed by atoms with Crippen LogP contribution in [0.15, 0.2) is 83.9 Å². The van der Waals surface area contributed by atoms with Crippen molar-refractivity contribution in [3.8, 4) is 10.4 Å². The second kappa shape index (κ2) is 6.55. The Bertz CT molecular complexity index is 1270. The summed E-state index contributed by atoms with van der Waals surface area (Å²) in [6.07, 6.45) is 4.15. The molecule has 0 amide bonds. The molecule has 0 fully saturated rings. The Kier molecular flexibility index (Phi) is 3.88. The first kappa shape index (κ1) is 16.6. The van der Waals surface area contributed by atoms with Crippen LogP contribution < -0.4 is 0 Å². The van der Waals surface area contributed by atoms with Crippen molar-refractivity contribution in [2.75, 3.05) is 0 Å². The van der Waals surface area contributed by atoms with Crippen molar-refractivity contribution in [1.29, 1.82) is 0 Å². The van der Waals surface area contributed by atoms with E-state index in [1.54, 1.807) is 23.5 Å². The van der Waals surface area contributed by atoms with Crippen molar-refractivity contribution < 1.29 is 4.92 Å². The molecule has 134 valence electrons. The van der Waals surface area contributed by atoms with Gasteiger partial charge >= 0.3 is 0 Å². The number of nitro benzene ring substituents is 1. The third-order valence-corrected chi connectivity index (χ3v) is 6.00. The van der Waals surface area contributed by atoms with Crippen LogP contribution in [0.5, 0.6) is 0 Å². The number of hydrogen-bond acceptors (Lipinski definition) is 4. The van der Waals surface area contributed by atoms with Gasteiger partial charge in [-0.2, -0.15) is 0 Å². The van der Waals surface area contributed by atoms with E-state index in [4.69, 9.17) is 4.99 Å². The maximum atomic E-state index is 10.8. The fourth-order valence-corrected chi connectivity index (χ4v) is 4.71. The molecule has 0 N–H and O–H groups in total. The number of nitrogens with zero attached hydrogens (tertiary/aromatic N) is 2. The van der Waals surface area contributed by atoms with Crippen LogP contribution >= 0.6 is 11.3 Å². The van der Waals surface area contributed by atoms with E-state index in [0.717, 1.165) is 11.3 Å². The van der Waals surface area contributed by atoms with Crippen LogP contribution in [0.4, 0.5) is 11.4 Å². The first-order valence-electron chi connectivity index (χ1n) is 8.83. The summed E-state index contributed by atoms with van der Waals surface area (Å²) >= 11 is 1.79. The number of rotatable bonds is 3. The molecule has 0 saturated heterocycles. The zero-order valence-electron chi connectivity index (χ0n) is 14.7. The van der Waals surface area contributed by atoms with Gasteiger partial charge < -0.3 is 0 Å². The van der Waals surface area contributed by atoms with E-state index < -0.39 is 4.92 Å². The molecule has 3 aromatic carbocycles. The van der Waals surface area contributed by atoms with E-state index in [0.29, 0.717) is 5.69 Å². The van der Waals surface area contributed by atoms with Gasteiger partial charge in [-0.1, -0.05) is 48.5 Å². The third-order valence-electron chi connectivity index (χ3n) is 4.78. The summed E-state index contributed by atoms with van der Waals surface area (Å²) in [6, 6.07) is 23.0. The number of hydrogen-bond donors (Lipinski definition) is 0. The van der Waals surface area contributed by atoms with Gasteiger partial charge in [0.25, 0.3) is 5.69 Å². The van der Waals surface area contributed by atoms with Crippen LogP contribution in [0.3, 0.4) is 0 Å². The molecule has 1 aliphatic rings. The molecule has 1 heterocycles. The monoisotopic (exact) mass is 382 g/mol. The Morgan fingerprint density at radius 2 is 1.64 bits per heavy atom. The molecule has 4 nitrogen and oxygen atoms in total. The molecule has 0 bridgehead atoms. The fraction of sp³-hybridized carbons (Fsp3) is 0. The maximum Gasteiger partial charge on any atom is 0.269 e. The Balaban J connectivity index is 1.64. The lowest BCUT2D eigenvalue weighted by molar-refractivity contribution is -0.384. The summed E-state index contributed by atoms with van der Waals surface area (Å²) < 4.78 is 1.23. The number of benzene rings is 3. The van der Waals surface area contributed by atoms with Gasteiger partial charge in [-0.25, -0.2) is 4.99 Å². The van der Waals surface area contributed by atoms with Gasteiger partial charge in [0.05, 0.1) is 16.3 Å². The van der Waals surface area contributed by atoms with Crippen LogP contribution in [0, 0.1) is 10.1 Å². The summed E-state index contributed by atoms with van der Waals surface area (Å²) in [5.74, 6) is 0. The van der Waals surface area contributed by atoms with Crippen molar-refractivity contribution in [1.82, 2.24) is 0 Å². The van der Waals surface area contributed by atoms with Gasteiger partial charge in [-0.05, 0) is 29.8 Å². The molecular formula is C23H14N2O2S. The van der Waals surface area contributed by atoms with E-state index in [1.165, 1.54) is 38.2 Å². The fourth-order valence-electron chi connectivity index (χ4n) is 3.49. The van der Waals surface area contributed by atoms with Crippen molar-refractivity contribution in [3.63, 3.8) is 0 Å². The summed E-state index contributed by atoms with van der Waals surface area (Å²) in [5, 5.41) is 12.1. The number of aliphatic imine (C=N–C) groups is 1. The molecule has 5 heteroatoms. The number of allylic oxidation sites excluding steroid dienone is 1. The standard InChI is InChI=1S/C23H14N2O2S/c26-25(27)17-11-9-16(10-12-17)24-20-14-13-19-22-18(20)7-4-8-21(22)28-23(19)15-5-2-1-3-6-15/h1-14H. The smallest absolute Gasteiger partial charge is 0.258 e. The second-order valence-electron chi connectivity index (χ2n) is 6.49. The van der Waals surface area contributed by atoms with E-state index >= 15 is 0 Å². The molecule has 0 saturated carbocycles. The lowest BCUT2D eigenvalue weighted by Crippen LogP contribution is -2.01. The highest BCUT2D eigenvalue weighted by Crippen LogP contribution is 2.43. The summed E-state index contributed by atoms with van der Waals surface area (Å²) in [5.41, 5.74) is 5.16. The molecule has 0 atom stereocenters. The highest BCUT2D eigenvalue weighted by molar-refractivity contribution is 7.22. The SMILES string of the molecule is O=[N+]([O-])c1ccc(N=C2C=Cc3c(-c4ccccc4)sc4cccc2c34)cc1. The number of non-ortho nitro benzene ring substituents is 1. The van der Waals surface area contributed by atoms with E-state index in [9.17, 15) is 10.1 Å². The van der Waals surface area contributed by atoms with E-state index in [1.807, 2.05) is 12.1 Å². The van der Waals surface area contributed by atoms with Crippen LogP contribution in [0.1, 0.15) is 11.1 Å². The maximum absolute atomic E-state index is 10.8. The first-order valence-corrected chi connectivity index (χ1v) is 9.65. The van der Waals surface area contributed by atoms with Crippen molar-refractivity contribution in [2.24, 2.45) is 4.99 Å². The molecule has 0 spiro atoms. The van der Waals surface area contributed by atoms with Crippen molar-refractivity contribution in [2.45, 2.75) is 0 Å². The van der Waals surface area contributed by atoms with Crippen LogP contribution in [-0.2, 0) is 0 Å². The third kappa shape index (κ3) is 2.73. The summed E-state index contributed by atoms with van der Waals surface area (Å²) in [4.78, 5) is 16.4. The second-order valence-corrected chi connectivity index (χ2v) is 7.55. The molecule has 28 heavy (non-hydrogen) atoms. The Labute approximate surface area is 165 Å². The van der Waals surface area contributed by atoms with Crippen LogP contribution in [-0.4, -0.2) is 10.6 Å². The topological polar surface area (TPSA) is 55.5 Å². The van der Waals surface area contributed by atoms with Gasteiger partial charge in [0.15, 0.2) is 0 Å². The summed E-state index contributed by atoms with van der Waals surface area (Å²) in [6.45, 7) is 0. The molecule has 1 aromatic heterocycles. The molecule has 4 aromatic rings. The minimum atomic E-state index is -0.402. The highest BCUT2D eigenvalue weighted by Gasteiger charge is 2.20. The summed E-state index contributed by atoms with van der Waals surface area (Å²) in [7, 11) is 0. The van der Waals surface area contributed by atoms with Gasteiger partial charge in [0, 0.05) is 38.2 Å². The predicted molar refractivity (Wildman–Crippen MR) is 116 cm³/mol.